The van der Waals surface area contributed by atoms with Gasteiger partial charge >= 0.3 is 0 Å². The van der Waals surface area contributed by atoms with Gasteiger partial charge in [-0.15, -0.1) is 0 Å². The summed E-state index contributed by atoms with van der Waals surface area (Å²) in [6.45, 7) is 2.29. The monoisotopic (exact) mass is 480 g/mol. The molecule has 1 saturated heterocycles. The third-order valence-corrected chi connectivity index (χ3v) is 6.09. The number of carbonyl (C=O) groups excluding carboxylic acids is 3. The average molecular weight is 481 g/mol. The minimum Gasteiger partial charge on any atom is -0.388 e. The first-order valence-corrected chi connectivity index (χ1v) is 11.9. The lowest BCUT2D eigenvalue weighted by Crippen LogP contribution is -2.48. The molecule has 1 aliphatic heterocycles. The van der Waals surface area contributed by atoms with E-state index in [0.29, 0.717) is 24.2 Å². The number of aliphatic hydroxyl groups is 1. The molecule has 0 aliphatic carbocycles. The van der Waals surface area contributed by atoms with Crippen molar-refractivity contribution in [1.29, 1.82) is 0 Å². The van der Waals surface area contributed by atoms with Crippen LogP contribution in [0.15, 0.2) is 91.0 Å². The van der Waals surface area contributed by atoms with E-state index in [1.54, 1.807) is 18.2 Å². The van der Waals surface area contributed by atoms with Crippen molar-refractivity contribution in [1.82, 2.24) is 4.90 Å². The van der Waals surface area contributed by atoms with Gasteiger partial charge in [0.25, 0.3) is 5.91 Å². The van der Waals surface area contributed by atoms with E-state index in [2.05, 4.69) is 4.90 Å². The van der Waals surface area contributed by atoms with Crippen LogP contribution in [0.3, 0.4) is 0 Å². The summed E-state index contributed by atoms with van der Waals surface area (Å²) >= 11 is 0. The Balaban J connectivity index is 1.30. The molecule has 1 amide bonds. The Morgan fingerprint density at radius 1 is 0.694 bits per heavy atom. The minimum absolute atomic E-state index is 0.0610. The van der Waals surface area contributed by atoms with Gasteiger partial charge in [-0.05, 0) is 59.7 Å². The second-order valence-corrected chi connectivity index (χ2v) is 8.51. The Kier molecular flexibility index (Phi) is 8.21. The van der Waals surface area contributed by atoms with Crippen molar-refractivity contribution in [2.75, 3.05) is 37.7 Å². The Hall–Kier alpha value is -4.29. The number of nitrogens with zero attached hydrogens (tertiary/aromatic N) is 2. The van der Waals surface area contributed by atoms with Crippen LogP contribution in [-0.2, 0) is 4.79 Å². The normalized spacial score (nSPS) is 13.9. The predicted molar refractivity (Wildman–Crippen MR) is 142 cm³/mol. The average Bonchev–Trinajstić information content (AvgIpc) is 2.95. The van der Waals surface area contributed by atoms with E-state index >= 15 is 0 Å². The third-order valence-electron chi connectivity index (χ3n) is 6.09. The van der Waals surface area contributed by atoms with Crippen molar-refractivity contribution < 1.29 is 19.5 Å². The zero-order valence-corrected chi connectivity index (χ0v) is 19.9. The van der Waals surface area contributed by atoms with Crippen molar-refractivity contribution in [2.45, 2.75) is 0 Å². The minimum atomic E-state index is -0.507. The lowest BCUT2D eigenvalue weighted by Gasteiger charge is -2.36. The summed E-state index contributed by atoms with van der Waals surface area (Å²) in [7, 11) is 0. The Morgan fingerprint density at radius 2 is 1.28 bits per heavy atom. The Labute approximate surface area is 210 Å². The van der Waals surface area contributed by atoms with Gasteiger partial charge < -0.3 is 14.9 Å². The molecule has 4 rings (SSSR count). The summed E-state index contributed by atoms with van der Waals surface area (Å²) in [5.41, 5.74) is 4.06. The number of ketones is 2. The smallest absolute Gasteiger partial charge is 0.253 e. The van der Waals surface area contributed by atoms with E-state index in [0.717, 1.165) is 29.9 Å². The van der Waals surface area contributed by atoms with Crippen LogP contribution < -0.4 is 4.90 Å². The molecule has 1 aliphatic rings. The SMILES string of the molecule is O=C(/C=C/c1ccc(/C=C/C(=O)c2ccc(N3CCN(C(=O)c4ccccc4)CC3)cc2)cc1)CO. The van der Waals surface area contributed by atoms with Crippen LogP contribution in [0.4, 0.5) is 5.69 Å². The second-order valence-electron chi connectivity index (χ2n) is 8.51. The molecule has 0 aromatic heterocycles. The van der Waals surface area contributed by atoms with Crippen molar-refractivity contribution in [3.8, 4) is 0 Å². The molecule has 0 bridgehead atoms. The molecule has 0 unspecified atom stereocenters. The van der Waals surface area contributed by atoms with Crippen molar-refractivity contribution in [3.63, 3.8) is 0 Å². The van der Waals surface area contributed by atoms with Gasteiger partial charge in [-0.1, -0.05) is 54.6 Å². The molecule has 6 nitrogen and oxygen atoms in total. The van der Waals surface area contributed by atoms with E-state index in [1.165, 1.54) is 6.08 Å². The Bertz CT molecular complexity index is 1250. The van der Waals surface area contributed by atoms with Crippen LogP contribution in [0.2, 0.25) is 0 Å². The highest BCUT2D eigenvalue weighted by molar-refractivity contribution is 6.07. The van der Waals surface area contributed by atoms with E-state index in [1.807, 2.05) is 83.8 Å². The van der Waals surface area contributed by atoms with Gasteiger partial charge in [0.15, 0.2) is 11.6 Å². The number of benzene rings is 3. The first-order chi connectivity index (χ1) is 17.5. The quantitative estimate of drug-likeness (QED) is 0.388. The maximum absolute atomic E-state index is 12.6. The zero-order valence-electron chi connectivity index (χ0n) is 19.9. The van der Waals surface area contributed by atoms with E-state index in [4.69, 9.17) is 5.11 Å². The fraction of sp³-hybridized carbons (Fsp3) is 0.167. The van der Waals surface area contributed by atoms with Gasteiger partial charge in [0, 0.05) is 43.0 Å². The Morgan fingerprint density at radius 3 is 1.86 bits per heavy atom. The molecule has 1 heterocycles. The number of rotatable bonds is 8. The lowest BCUT2D eigenvalue weighted by molar-refractivity contribution is -0.117. The van der Waals surface area contributed by atoms with E-state index in [9.17, 15) is 14.4 Å². The topological polar surface area (TPSA) is 77.9 Å². The van der Waals surface area contributed by atoms with E-state index in [-0.39, 0.29) is 17.5 Å². The molecular weight excluding hydrogens is 452 g/mol. The molecule has 0 radical (unpaired) electrons. The van der Waals surface area contributed by atoms with Crippen LogP contribution in [0.5, 0.6) is 0 Å². The fourth-order valence-corrected chi connectivity index (χ4v) is 4.00. The number of allylic oxidation sites excluding steroid dienone is 1. The first-order valence-electron chi connectivity index (χ1n) is 11.9. The number of piperazine rings is 1. The standard InChI is InChI=1S/C30H28N2O4/c33-22-28(34)16-10-23-6-8-24(9-7-23)11-17-29(35)25-12-14-27(15-13-25)31-18-20-32(21-19-31)30(36)26-4-2-1-3-5-26/h1-17,33H,18-22H2/b16-10+,17-11+. The van der Waals surface area contributed by atoms with Crippen LogP contribution in [0.25, 0.3) is 12.2 Å². The highest BCUT2D eigenvalue weighted by atomic mass is 16.3. The molecule has 1 N–H and O–H groups in total. The molecule has 182 valence electrons. The number of hydrogen-bond acceptors (Lipinski definition) is 5. The van der Waals surface area contributed by atoms with Gasteiger partial charge in [0.1, 0.15) is 6.61 Å². The molecule has 0 spiro atoms. The zero-order chi connectivity index (χ0) is 25.3. The first kappa shape index (κ1) is 24.8. The maximum atomic E-state index is 12.6. The van der Waals surface area contributed by atoms with Crippen LogP contribution in [0, 0.1) is 0 Å². The molecule has 0 saturated carbocycles. The fourth-order valence-electron chi connectivity index (χ4n) is 4.00. The van der Waals surface area contributed by atoms with E-state index < -0.39 is 6.61 Å². The van der Waals surface area contributed by atoms with Crippen LogP contribution in [0.1, 0.15) is 31.8 Å². The summed E-state index contributed by atoms with van der Waals surface area (Å²) < 4.78 is 0. The predicted octanol–water partition coefficient (Wildman–Crippen LogP) is 4.12. The summed E-state index contributed by atoms with van der Waals surface area (Å²) in [6.07, 6.45) is 6.27. The van der Waals surface area contributed by atoms with Gasteiger partial charge in [-0.2, -0.15) is 0 Å². The van der Waals surface area contributed by atoms with Crippen LogP contribution >= 0.6 is 0 Å². The number of amides is 1. The maximum Gasteiger partial charge on any atom is 0.253 e. The van der Waals surface area contributed by atoms with Gasteiger partial charge in [-0.3, -0.25) is 14.4 Å². The van der Waals surface area contributed by atoms with Gasteiger partial charge in [0.2, 0.25) is 0 Å². The highest BCUT2D eigenvalue weighted by Crippen LogP contribution is 2.19. The molecule has 36 heavy (non-hydrogen) atoms. The number of hydrogen-bond donors (Lipinski definition) is 1. The second kappa shape index (κ2) is 11.9. The summed E-state index contributed by atoms with van der Waals surface area (Å²) in [5.74, 6) is -0.376. The largest absolute Gasteiger partial charge is 0.388 e. The summed E-state index contributed by atoms with van der Waals surface area (Å²) in [5, 5.41) is 8.76. The van der Waals surface area contributed by atoms with Gasteiger partial charge in [-0.25, -0.2) is 0 Å². The molecule has 0 atom stereocenters. The lowest BCUT2D eigenvalue weighted by atomic mass is 10.1. The third kappa shape index (κ3) is 6.43. The van der Waals surface area contributed by atoms with Crippen molar-refractivity contribution in [2.24, 2.45) is 0 Å². The highest BCUT2D eigenvalue weighted by Gasteiger charge is 2.22. The number of aliphatic hydroxyl groups excluding tert-OH is 1. The van der Waals surface area contributed by atoms with Gasteiger partial charge in [0.05, 0.1) is 0 Å². The number of anilines is 1. The number of carbonyl (C=O) groups is 3. The van der Waals surface area contributed by atoms with Crippen molar-refractivity contribution in [3.05, 3.63) is 113 Å². The summed E-state index contributed by atoms with van der Waals surface area (Å²) in [6, 6.07) is 24.3. The molecular formula is C30H28N2O4. The summed E-state index contributed by atoms with van der Waals surface area (Å²) in [4.78, 5) is 40.5. The molecule has 1 fully saturated rings. The van der Waals surface area contributed by atoms with Crippen LogP contribution in [-0.4, -0.2) is 60.3 Å². The van der Waals surface area contributed by atoms with Crippen molar-refractivity contribution >= 4 is 35.3 Å². The molecule has 6 heteroatoms. The molecule has 3 aromatic rings. The molecule has 3 aromatic carbocycles.